The molecule has 148 heavy (non-hydrogen) atoms. The molecule has 0 spiro atoms. The van der Waals surface area contributed by atoms with Gasteiger partial charge in [0, 0.05) is 59.4 Å². The quantitative estimate of drug-likeness (QED) is 0.123. The van der Waals surface area contributed by atoms with Crippen molar-refractivity contribution in [1.29, 1.82) is 0 Å². The molecule has 0 fully saturated rings. The van der Waals surface area contributed by atoms with E-state index in [1.54, 1.807) is 0 Å². The molecule has 2 aliphatic heterocycles. The Hall–Kier alpha value is -13.8. The van der Waals surface area contributed by atoms with Crippen LogP contribution in [0.3, 0.4) is 0 Å². The van der Waals surface area contributed by atoms with Crippen molar-refractivity contribution in [3.8, 4) is 34.2 Å². The fourth-order valence-electron chi connectivity index (χ4n) is 17.2. The summed E-state index contributed by atoms with van der Waals surface area (Å²) in [6, 6.07) is 111. The van der Waals surface area contributed by atoms with Crippen LogP contribution in [0.1, 0.15) is 269 Å². The van der Waals surface area contributed by atoms with Crippen LogP contribution in [0.25, 0.3) is 111 Å². The second-order valence-corrected chi connectivity index (χ2v) is 30.6. The van der Waals surface area contributed by atoms with Crippen LogP contribution in [-0.2, 0) is 28.2 Å². The van der Waals surface area contributed by atoms with E-state index in [0.29, 0.717) is 12.3 Å². The van der Waals surface area contributed by atoms with Crippen LogP contribution >= 0.6 is 0 Å². The molecule has 12 nitrogen and oxygen atoms in total. The van der Waals surface area contributed by atoms with Crippen molar-refractivity contribution in [3.05, 3.63) is 386 Å². The Morgan fingerprint density at radius 2 is 0.595 bits per heavy atom. The highest BCUT2D eigenvalue weighted by Gasteiger charge is 2.33. The molecule has 0 amide bonds. The molecule has 0 bridgehead atoms. The van der Waals surface area contributed by atoms with Gasteiger partial charge >= 0.3 is 0 Å². The Morgan fingerprint density at radius 1 is 0.250 bits per heavy atom. The Labute approximate surface area is 901 Å². The van der Waals surface area contributed by atoms with E-state index in [0.717, 1.165) is 0 Å². The fourth-order valence-corrected chi connectivity index (χ4v) is 17.2. The molecular weight excluding hydrogens is 1800 g/mol. The van der Waals surface area contributed by atoms with E-state index in [1.807, 2.05) is 228 Å². The highest BCUT2D eigenvalue weighted by molar-refractivity contribution is 6.14. The Kier molecular flexibility index (Phi) is 67.9. The minimum atomic E-state index is 0.350. The maximum atomic E-state index is 2.41. The average Bonchev–Trinajstić information content (AvgIpc) is 1.54. The first-order valence-electron chi connectivity index (χ1n) is 56.1. The minimum absolute atomic E-state index is 0.350. The van der Waals surface area contributed by atoms with Crippen LogP contribution in [0.4, 0.5) is 22.7 Å². The smallest absolute Gasteiger partial charge is 0.295 e. The summed E-state index contributed by atoms with van der Waals surface area (Å²) in [6.07, 6.45) is 13.5. The van der Waals surface area contributed by atoms with Crippen molar-refractivity contribution >= 4 is 99.5 Å². The number of rotatable bonds is 6. The van der Waals surface area contributed by atoms with Gasteiger partial charge in [-0.1, -0.05) is 440 Å². The Morgan fingerprint density at radius 3 is 1.05 bits per heavy atom. The molecule has 6 aromatic heterocycles. The maximum Gasteiger partial charge on any atom is 0.295 e. The van der Waals surface area contributed by atoms with Crippen LogP contribution in [0, 0.1) is 41.5 Å². The molecule has 0 radical (unpaired) electrons. The van der Waals surface area contributed by atoms with Crippen molar-refractivity contribution in [1.82, 2.24) is 22.8 Å². The number of benzene rings is 13. The normalized spacial score (nSPS) is 11.2. The number of nitrogens with zero attached hydrogens (tertiary/aromatic N) is 12. The van der Waals surface area contributed by atoms with Gasteiger partial charge < -0.3 is 19.6 Å². The van der Waals surface area contributed by atoms with Crippen molar-refractivity contribution in [2.45, 2.75) is 289 Å². The SMILES string of the molecule is CC.CC.CC.CC.CC.CC.CC.CC.CC.CC.CC.CC.CC.CC.CC.CC.Cc1cccc2c3ccccc3n3c4ccccc4[n+](C)c3c12.Cc1cccc2c3ccccc3n3cc[n+](C)c3c12.Cc1ccccc1-c1n(-c2ccccc2)c2ccccc2[n+]1C.Cc1ccccc1-c1n(-c2ccccc2)cc[n+]1C.Cc1ccccc1N1C=CN(C)[C@@H]1C.Cc1ccccc1N1c2ccccc2N(C)[C@@H]1C. The van der Waals surface area contributed by atoms with Gasteiger partial charge in [0.15, 0.2) is 22.1 Å². The molecule has 2 aliphatic rings. The molecule has 19 aromatic rings. The molecule has 0 saturated carbocycles. The predicted molar refractivity (Wildman–Crippen MR) is 665 cm³/mol. The molecule has 0 aliphatic carbocycles. The summed E-state index contributed by atoms with van der Waals surface area (Å²) < 4.78 is 18.2. The third kappa shape index (κ3) is 32.6. The van der Waals surface area contributed by atoms with Crippen LogP contribution in [0.2, 0.25) is 0 Å². The minimum Gasteiger partial charge on any atom is -0.359 e. The number of imidazole rings is 4. The number of fused-ring (bicyclic) bond motifs is 16. The molecule has 2 atom stereocenters. The van der Waals surface area contributed by atoms with Gasteiger partial charge in [-0.2, -0.15) is 17.9 Å². The standard InChI is InChI=1S/C21H17N2.C21H19N2.C17H15N2.C17H17N2.C16H18N2.C12H16N2.16C2H6/c1-14-8-7-10-16-15-9-3-4-11-17(15)23-19-13-6-5-12-18(19)22(2)21(23)20(14)16;1-16-10-6-7-13-18(16)21-22(2)19-14-8-9-15-20(19)23(21)17-11-4-3-5-12-17;1-12-6-5-8-14-13-7-3-4-9-15(13)19-11-10-18(2)17(19)16(12)14;1-14-8-6-7-11-16(14)17-18(2)12-13-19(17)15-9-4-3-5-10-15;1-12-8-4-5-9-14(12)18-13(2)17(3)15-10-6-7-11-16(15)18;1-10-6-4-5-7-12(10)14-9-8-13(3)11(14)2;16*1-2/h3-13H,1-2H3;3-15H,1-2H3;3-11H,1-2H3;3-13H,1-2H3;4-11,13H,1-3H3;4-9,11H,1-3H3;16*1-2H3/q4*+1;;;;;;;;;;;;;;;;;;/t;;;;13-;11-;;;;;;;;;;;;;;;;/m....00................/s1. The summed E-state index contributed by atoms with van der Waals surface area (Å²) in [5.74, 6) is 2.40. The summed E-state index contributed by atoms with van der Waals surface area (Å²) in [5.41, 5.74) is 27.9. The van der Waals surface area contributed by atoms with E-state index >= 15 is 0 Å². The third-order valence-corrected chi connectivity index (χ3v) is 23.4. The second kappa shape index (κ2) is 74.9. The van der Waals surface area contributed by atoms with Gasteiger partial charge in [-0.15, -0.1) is 0 Å². The number of aromatic nitrogens is 8. The molecule has 798 valence electrons. The van der Waals surface area contributed by atoms with Crippen molar-refractivity contribution < 1.29 is 18.3 Å². The monoisotopic (exact) mass is 2000 g/mol. The summed E-state index contributed by atoms with van der Waals surface area (Å²) in [5, 5.41) is 7.95. The summed E-state index contributed by atoms with van der Waals surface area (Å²) in [4.78, 5) is 9.22. The molecule has 21 rings (SSSR count). The van der Waals surface area contributed by atoms with Crippen LogP contribution in [0.5, 0.6) is 0 Å². The van der Waals surface area contributed by atoms with E-state index in [1.165, 1.54) is 167 Å². The lowest BCUT2D eigenvalue weighted by Crippen LogP contribution is -2.35. The van der Waals surface area contributed by atoms with Gasteiger partial charge in [-0.3, -0.25) is 0 Å². The molecule has 0 N–H and O–H groups in total. The van der Waals surface area contributed by atoms with E-state index < -0.39 is 0 Å². The predicted octanol–water partition coefficient (Wildman–Crippen LogP) is 38.5. The van der Waals surface area contributed by atoms with Crippen LogP contribution in [-0.4, -0.2) is 49.3 Å². The lowest BCUT2D eigenvalue weighted by molar-refractivity contribution is -0.659. The van der Waals surface area contributed by atoms with Crippen LogP contribution < -0.4 is 33.0 Å². The van der Waals surface area contributed by atoms with Gasteiger partial charge in [0.1, 0.15) is 59.5 Å². The number of pyridine rings is 2. The van der Waals surface area contributed by atoms with Gasteiger partial charge in [0.2, 0.25) is 0 Å². The summed E-state index contributed by atoms with van der Waals surface area (Å²) >= 11 is 0. The zero-order valence-corrected chi connectivity index (χ0v) is 101. The molecule has 0 saturated heterocycles. The largest absolute Gasteiger partial charge is 0.359 e. The molecule has 13 aromatic carbocycles. The number of para-hydroxylation sites is 12. The zero-order chi connectivity index (χ0) is 112. The van der Waals surface area contributed by atoms with E-state index in [9.17, 15) is 0 Å². The highest BCUT2D eigenvalue weighted by atomic mass is 15.4. The average molecular weight is 2000 g/mol. The molecule has 12 heteroatoms. The first kappa shape index (κ1) is 134. The van der Waals surface area contributed by atoms with Gasteiger partial charge in [-0.25, -0.2) is 18.3 Å². The number of aryl methyl sites for hydroxylation is 10. The molecule has 8 heterocycles. The first-order valence-corrected chi connectivity index (χ1v) is 56.1. The lowest BCUT2D eigenvalue weighted by atomic mass is 10.0. The Balaban J connectivity index is 0.00000167. The second-order valence-electron chi connectivity index (χ2n) is 30.6. The number of hydrogen-bond donors (Lipinski definition) is 0. The molecule has 0 unspecified atom stereocenters. The van der Waals surface area contributed by atoms with Crippen LogP contribution in [0.15, 0.2) is 353 Å². The summed E-state index contributed by atoms with van der Waals surface area (Å²) in [6.45, 7) is 81.5. The Bertz CT molecular complexity index is 6840. The van der Waals surface area contributed by atoms with Crippen molar-refractivity contribution in [2.24, 2.45) is 28.2 Å². The number of hydrogen-bond acceptors (Lipinski definition) is 4. The zero-order valence-electron chi connectivity index (χ0n) is 101. The topological polar surface area (TPSA) is 47.2 Å². The fraction of sp³-hybridized carbons (Fsp3) is 0.353. The third-order valence-electron chi connectivity index (χ3n) is 23.4. The van der Waals surface area contributed by atoms with E-state index in [4.69, 9.17) is 0 Å². The highest BCUT2D eigenvalue weighted by Crippen LogP contribution is 2.44. The first-order chi connectivity index (χ1) is 72.5. The number of anilines is 4. The lowest BCUT2D eigenvalue weighted by Gasteiger charge is -2.28. The maximum absolute atomic E-state index is 2.41. The van der Waals surface area contributed by atoms with E-state index in [2.05, 4.69) is 500 Å². The van der Waals surface area contributed by atoms with Gasteiger partial charge in [-0.05, 0) is 186 Å². The molecular formula is C136H198N12+4. The summed E-state index contributed by atoms with van der Waals surface area (Å²) in [7, 11) is 12.8. The van der Waals surface area contributed by atoms with Gasteiger partial charge in [0.05, 0.1) is 61.5 Å². The van der Waals surface area contributed by atoms with Crippen molar-refractivity contribution in [2.75, 3.05) is 28.8 Å². The van der Waals surface area contributed by atoms with Crippen molar-refractivity contribution in [3.63, 3.8) is 0 Å². The van der Waals surface area contributed by atoms with E-state index in [-0.39, 0.29) is 0 Å². The van der Waals surface area contributed by atoms with Gasteiger partial charge in [0.25, 0.3) is 22.9 Å².